The zero-order chi connectivity index (χ0) is 13.8. The molecular weight excluding hydrogens is 287 g/mol. The topological polar surface area (TPSA) is 43.1 Å². The van der Waals surface area contributed by atoms with E-state index in [9.17, 15) is 18.0 Å². The third kappa shape index (κ3) is 5.18. The fourth-order valence-corrected chi connectivity index (χ4v) is 2.50. The Bertz CT molecular complexity index is 408. The van der Waals surface area contributed by atoms with E-state index in [0.717, 1.165) is 11.8 Å². The van der Waals surface area contributed by atoms with Crippen LogP contribution in [0.15, 0.2) is 24.3 Å². The van der Waals surface area contributed by atoms with Crippen molar-refractivity contribution in [2.45, 2.75) is 17.8 Å². The minimum atomic E-state index is -4.23. The smallest absolute Gasteiger partial charge is 0.368 e. The molecule has 0 fully saturated rings. The molecular formula is C11H11ClF3NOS. The Morgan fingerprint density at radius 2 is 1.89 bits per heavy atom. The molecule has 2 nitrogen and oxygen atoms in total. The maximum Gasteiger partial charge on any atom is 0.389 e. The van der Waals surface area contributed by atoms with Gasteiger partial charge >= 0.3 is 6.18 Å². The highest BCUT2D eigenvalue weighted by Crippen LogP contribution is 2.32. The number of alkyl halides is 3. The number of amides is 1. The predicted octanol–water partition coefficient (Wildman–Crippen LogP) is 3.55. The quantitative estimate of drug-likeness (QED) is 0.903. The largest absolute Gasteiger partial charge is 0.389 e. The normalized spacial score (nSPS) is 13.3. The van der Waals surface area contributed by atoms with E-state index in [1.807, 2.05) is 0 Å². The van der Waals surface area contributed by atoms with E-state index in [0.29, 0.717) is 10.6 Å². The van der Waals surface area contributed by atoms with Crippen LogP contribution in [0.2, 0.25) is 5.02 Å². The summed E-state index contributed by atoms with van der Waals surface area (Å²) < 4.78 is 36.0. The molecule has 0 aliphatic rings. The number of hydrogen-bond donors (Lipinski definition) is 1. The van der Waals surface area contributed by atoms with Crippen LogP contribution >= 0.6 is 23.4 Å². The fraction of sp³-hybridized carbons (Fsp3) is 0.364. The van der Waals surface area contributed by atoms with Gasteiger partial charge in [0.05, 0.1) is 6.42 Å². The molecule has 1 unspecified atom stereocenters. The Morgan fingerprint density at radius 1 is 1.33 bits per heavy atom. The van der Waals surface area contributed by atoms with Gasteiger partial charge in [0, 0.05) is 10.8 Å². The highest BCUT2D eigenvalue weighted by atomic mass is 35.5. The molecule has 2 N–H and O–H groups in total. The molecule has 0 saturated carbocycles. The minimum Gasteiger partial charge on any atom is -0.368 e. The Morgan fingerprint density at radius 3 is 2.33 bits per heavy atom. The Kier molecular flexibility index (Phi) is 5.34. The first-order valence-electron chi connectivity index (χ1n) is 5.03. The van der Waals surface area contributed by atoms with E-state index in [1.165, 1.54) is 0 Å². The fourth-order valence-electron chi connectivity index (χ4n) is 1.27. The molecule has 0 aliphatic heterocycles. The van der Waals surface area contributed by atoms with Crippen LogP contribution in [0, 0.1) is 0 Å². The summed E-state index contributed by atoms with van der Waals surface area (Å²) in [5.74, 6) is -0.871. The lowest BCUT2D eigenvalue weighted by molar-refractivity contribution is -0.129. The van der Waals surface area contributed by atoms with Gasteiger partial charge in [0.2, 0.25) is 5.91 Å². The number of hydrogen-bond acceptors (Lipinski definition) is 2. The molecule has 1 aromatic rings. The lowest BCUT2D eigenvalue weighted by Crippen LogP contribution is -2.20. The molecule has 0 heterocycles. The monoisotopic (exact) mass is 297 g/mol. The highest BCUT2D eigenvalue weighted by molar-refractivity contribution is 8.00. The number of halogens is 4. The molecule has 0 aliphatic carbocycles. The van der Waals surface area contributed by atoms with E-state index < -0.39 is 23.8 Å². The van der Waals surface area contributed by atoms with Gasteiger partial charge in [0.1, 0.15) is 5.25 Å². The molecule has 1 amide bonds. The van der Waals surface area contributed by atoms with Crippen LogP contribution in [-0.2, 0) is 4.79 Å². The summed E-state index contributed by atoms with van der Waals surface area (Å²) in [7, 11) is 0. The molecule has 0 spiro atoms. The summed E-state index contributed by atoms with van der Waals surface area (Å²) in [6.45, 7) is 0. The third-order valence-corrected chi connectivity index (χ3v) is 3.63. The molecule has 100 valence electrons. The van der Waals surface area contributed by atoms with Gasteiger partial charge in [0.15, 0.2) is 0 Å². The van der Waals surface area contributed by atoms with Gasteiger partial charge in [-0.3, -0.25) is 4.79 Å². The van der Waals surface area contributed by atoms with Crippen LogP contribution in [0.4, 0.5) is 13.2 Å². The zero-order valence-electron chi connectivity index (χ0n) is 9.21. The highest BCUT2D eigenvalue weighted by Gasteiger charge is 2.28. The van der Waals surface area contributed by atoms with E-state index in [1.54, 1.807) is 24.3 Å². The molecule has 0 saturated heterocycles. The molecule has 0 bridgehead atoms. The van der Waals surface area contributed by atoms with Crippen molar-refractivity contribution >= 4 is 29.3 Å². The van der Waals surface area contributed by atoms with Gasteiger partial charge < -0.3 is 5.73 Å². The first-order chi connectivity index (χ1) is 8.29. The number of rotatable bonds is 5. The predicted molar refractivity (Wildman–Crippen MR) is 66.5 cm³/mol. The molecule has 0 radical (unpaired) electrons. The van der Waals surface area contributed by atoms with Crippen LogP contribution in [0.1, 0.15) is 17.2 Å². The number of carbonyl (C=O) groups is 1. The molecule has 1 aromatic carbocycles. The van der Waals surface area contributed by atoms with Crippen molar-refractivity contribution in [3.05, 3.63) is 34.9 Å². The van der Waals surface area contributed by atoms with Crippen molar-refractivity contribution in [2.24, 2.45) is 5.73 Å². The number of carbonyl (C=O) groups excluding carboxylic acids is 1. The Balaban J connectivity index is 2.66. The minimum absolute atomic E-state index is 0.209. The molecule has 0 aromatic heterocycles. The number of primary amides is 1. The van der Waals surface area contributed by atoms with E-state index in [-0.39, 0.29) is 5.75 Å². The maximum atomic E-state index is 12.0. The second-order valence-electron chi connectivity index (χ2n) is 3.57. The van der Waals surface area contributed by atoms with Crippen molar-refractivity contribution < 1.29 is 18.0 Å². The number of benzene rings is 1. The molecule has 18 heavy (non-hydrogen) atoms. The molecule has 7 heteroatoms. The van der Waals surface area contributed by atoms with Crippen molar-refractivity contribution in [3.63, 3.8) is 0 Å². The van der Waals surface area contributed by atoms with Crippen LogP contribution in [0.5, 0.6) is 0 Å². The van der Waals surface area contributed by atoms with E-state index in [2.05, 4.69) is 0 Å². The summed E-state index contributed by atoms with van der Waals surface area (Å²) in [6.07, 6.45) is -5.18. The van der Waals surface area contributed by atoms with Crippen LogP contribution in [0.3, 0.4) is 0 Å². The first kappa shape index (κ1) is 15.2. The molecule has 1 rings (SSSR count). The summed E-state index contributed by atoms with van der Waals surface area (Å²) in [5.41, 5.74) is 5.74. The van der Waals surface area contributed by atoms with Gasteiger partial charge in [-0.1, -0.05) is 23.7 Å². The van der Waals surface area contributed by atoms with Crippen molar-refractivity contribution in [1.82, 2.24) is 0 Å². The first-order valence-corrected chi connectivity index (χ1v) is 6.45. The van der Waals surface area contributed by atoms with Crippen molar-refractivity contribution in [3.8, 4) is 0 Å². The van der Waals surface area contributed by atoms with Gasteiger partial charge in [-0.15, -0.1) is 11.8 Å². The Hall–Kier alpha value is -0.880. The van der Waals surface area contributed by atoms with Crippen molar-refractivity contribution in [2.75, 3.05) is 5.75 Å². The Labute approximate surface area is 112 Å². The van der Waals surface area contributed by atoms with Gasteiger partial charge in [-0.25, -0.2) is 0 Å². The van der Waals surface area contributed by atoms with Crippen molar-refractivity contribution in [1.29, 1.82) is 0 Å². The standard InChI is InChI=1S/C11H11ClF3NOS/c12-8-3-1-7(2-4-8)9(10(16)17)18-6-5-11(13,14)15/h1-4,9H,5-6H2,(H2,16,17). The zero-order valence-corrected chi connectivity index (χ0v) is 10.8. The van der Waals surface area contributed by atoms with Gasteiger partial charge in [-0.2, -0.15) is 13.2 Å². The van der Waals surface area contributed by atoms with Gasteiger partial charge in [0.25, 0.3) is 0 Å². The van der Waals surface area contributed by atoms with Gasteiger partial charge in [-0.05, 0) is 17.7 Å². The number of nitrogens with two attached hydrogens (primary N) is 1. The van der Waals surface area contributed by atoms with Crippen LogP contribution in [0.25, 0.3) is 0 Å². The lowest BCUT2D eigenvalue weighted by atomic mass is 10.1. The number of thioether (sulfide) groups is 1. The molecule has 1 atom stereocenters. The average molecular weight is 298 g/mol. The SMILES string of the molecule is NC(=O)C(SCCC(F)(F)F)c1ccc(Cl)cc1. The summed E-state index contributed by atoms with van der Waals surface area (Å²) in [4.78, 5) is 11.2. The average Bonchev–Trinajstić information content (AvgIpc) is 2.24. The summed E-state index contributed by atoms with van der Waals surface area (Å²) in [5, 5.41) is -0.299. The lowest BCUT2D eigenvalue weighted by Gasteiger charge is -2.14. The summed E-state index contributed by atoms with van der Waals surface area (Å²) in [6, 6.07) is 6.30. The third-order valence-electron chi connectivity index (χ3n) is 2.10. The van der Waals surface area contributed by atoms with E-state index in [4.69, 9.17) is 17.3 Å². The summed E-state index contributed by atoms with van der Waals surface area (Å²) >= 11 is 6.57. The van der Waals surface area contributed by atoms with Crippen LogP contribution in [-0.4, -0.2) is 17.8 Å². The van der Waals surface area contributed by atoms with E-state index >= 15 is 0 Å². The van der Waals surface area contributed by atoms with Crippen LogP contribution < -0.4 is 5.73 Å². The second-order valence-corrected chi connectivity index (χ2v) is 5.22. The maximum absolute atomic E-state index is 12.0. The second kappa shape index (κ2) is 6.33.